The van der Waals surface area contributed by atoms with E-state index in [1.54, 1.807) is 13.8 Å². The summed E-state index contributed by atoms with van der Waals surface area (Å²) in [7, 11) is -4.01. The van der Waals surface area contributed by atoms with Crippen LogP contribution >= 0.6 is 0 Å². The summed E-state index contributed by atoms with van der Waals surface area (Å²) >= 11 is 0. The minimum Gasteiger partial charge on any atom is -0.274 e. The van der Waals surface area contributed by atoms with Gasteiger partial charge in [-0.25, -0.2) is 0 Å². The number of rotatable bonds is 4. The molecule has 0 heterocycles. The van der Waals surface area contributed by atoms with Crippen LogP contribution in [0.4, 0.5) is 0 Å². The number of allylic oxidation sites excluding steroid dienone is 1. The van der Waals surface area contributed by atoms with Gasteiger partial charge in [0.1, 0.15) is 0 Å². The molecule has 12 heavy (non-hydrogen) atoms. The Kier molecular flexibility index (Phi) is 4.77. The predicted molar refractivity (Wildman–Crippen MR) is 45.0 cm³/mol. The van der Waals surface area contributed by atoms with E-state index in [1.807, 2.05) is 0 Å². The molecular weight excluding hydrogens is 180 g/mol. The van der Waals surface area contributed by atoms with E-state index in [0.29, 0.717) is 6.42 Å². The summed E-state index contributed by atoms with van der Waals surface area (Å²) < 4.78 is 26.1. The molecule has 0 aromatic rings. The third-order valence-electron chi connectivity index (χ3n) is 0.992. The molecule has 5 heteroatoms. The van der Waals surface area contributed by atoms with E-state index in [0.717, 1.165) is 6.08 Å². The van der Waals surface area contributed by atoms with Gasteiger partial charge >= 0.3 is 10.1 Å². The van der Waals surface area contributed by atoms with Crippen molar-refractivity contribution in [3.63, 3.8) is 0 Å². The largest absolute Gasteiger partial charge is 0.335 e. The van der Waals surface area contributed by atoms with E-state index < -0.39 is 15.2 Å². The topological polar surface area (TPSA) is 60.4 Å². The van der Waals surface area contributed by atoms with Crippen LogP contribution in [0.5, 0.6) is 0 Å². The van der Waals surface area contributed by atoms with E-state index in [2.05, 4.69) is 4.18 Å². The van der Waals surface area contributed by atoms with Crippen LogP contribution in [0.1, 0.15) is 20.3 Å². The Hall–Kier alpha value is -0.680. The van der Waals surface area contributed by atoms with Crippen LogP contribution in [0.15, 0.2) is 12.2 Å². The highest BCUT2D eigenvalue weighted by Crippen LogP contribution is 1.97. The molecule has 70 valence electrons. The molecule has 0 spiro atoms. The maximum Gasteiger partial charge on any atom is 0.335 e. The van der Waals surface area contributed by atoms with Gasteiger partial charge in [-0.2, -0.15) is 8.42 Å². The molecule has 4 nitrogen and oxygen atoms in total. The summed E-state index contributed by atoms with van der Waals surface area (Å²) in [5.74, 6) is 0. The summed E-state index contributed by atoms with van der Waals surface area (Å²) in [4.78, 5) is 10.8. The minimum atomic E-state index is -4.01. The third kappa shape index (κ3) is 3.64. The van der Waals surface area contributed by atoms with Crippen molar-refractivity contribution in [1.29, 1.82) is 0 Å². The summed E-state index contributed by atoms with van der Waals surface area (Å²) in [6.45, 7) is 3.37. The summed E-state index contributed by atoms with van der Waals surface area (Å²) in [5.41, 5.74) is 0. The molecule has 0 amide bonds. The van der Waals surface area contributed by atoms with Gasteiger partial charge in [0.25, 0.3) is 5.12 Å². The van der Waals surface area contributed by atoms with E-state index in [1.165, 1.54) is 6.08 Å². The van der Waals surface area contributed by atoms with Crippen LogP contribution in [0, 0.1) is 0 Å². The molecule has 0 rings (SSSR count). The van der Waals surface area contributed by atoms with E-state index in [-0.39, 0.29) is 6.61 Å². The summed E-state index contributed by atoms with van der Waals surface area (Å²) in [6.07, 6.45) is 2.88. The molecule has 0 N–H and O–H groups in total. The van der Waals surface area contributed by atoms with Crippen LogP contribution in [0.3, 0.4) is 0 Å². The van der Waals surface area contributed by atoms with Crippen LogP contribution in [0.2, 0.25) is 0 Å². The first-order valence-electron chi connectivity index (χ1n) is 3.60. The number of hydrogen-bond acceptors (Lipinski definition) is 4. The lowest BCUT2D eigenvalue weighted by atomic mass is 10.5. The molecule has 0 aromatic carbocycles. The van der Waals surface area contributed by atoms with Crippen molar-refractivity contribution in [3.05, 3.63) is 12.2 Å². The zero-order valence-electron chi connectivity index (χ0n) is 7.11. The first kappa shape index (κ1) is 11.3. The highest BCUT2D eigenvalue weighted by atomic mass is 32.2. The number of carbonyl (C=O) groups excluding carboxylic acids is 1. The van der Waals surface area contributed by atoms with Crippen LogP contribution in [-0.4, -0.2) is 20.1 Å². The first-order valence-corrected chi connectivity index (χ1v) is 5.01. The lowest BCUT2D eigenvalue weighted by Gasteiger charge is -1.98. The van der Waals surface area contributed by atoms with Gasteiger partial charge in [0, 0.05) is 0 Å². The van der Waals surface area contributed by atoms with Gasteiger partial charge in [0.05, 0.1) is 6.61 Å². The first-order chi connectivity index (χ1) is 5.54. The molecule has 0 bridgehead atoms. The van der Waals surface area contributed by atoms with Gasteiger partial charge in [0.15, 0.2) is 0 Å². The van der Waals surface area contributed by atoms with Gasteiger partial charge in [-0.3, -0.25) is 8.98 Å². The molecule has 0 saturated carbocycles. The predicted octanol–water partition coefficient (Wildman–Crippen LogP) is 0.846. The number of hydrogen-bond donors (Lipinski definition) is 0. The Bertz CT molecular complexity index is 263. The molecule has 0 unspecified atom stereocenters. The second-order valence-corrected chi connectivity index (χ2v) is 3.64. The van der Waals surface area contributed by atoms with Crippen molar-refractivity contribution in [1.82, 2.24) is 0 Å². The SMILES string of the molecule is CC=CC(=O)S(=O)(=O)OCCC. The standard InChI is InChI=1S/C7H12O4S/c1-3-5-7(8)12(9,10)11-6-4-2/h3,5H,4,6H2,1-2H3. The van der Waals surface area contributed by atoms with Crippen molar-refractivity contribution in [2.75, 3.05) is 6.61 Å². The Morgan fingerprint density at radius 3 is 2.50 bits per heavy atom. The van der Waals surface area contributed by atoms with Crippen molar-refractivity contribution in [3.8, 4) is 0 Å². The Morgan fingerprint density at radius 2 is 2.08 bits per heavy atom. The lowest BCUT2D eigenvalue weighted by Crippen LogP contribution is -2.15. The maximum atomic E-state index is 10.9. The Morgan fingerprint density at radius 1 is 1.50 bits per heavy atom. The zero-order chi connectivity index (χ0) is 9.61. The molecule has 0 aliphatic carbocycles. The van der Waals surface area contributed by atoms with E-state index in [4.69, 9.17) is 0 Å². The second kappa shape index (κ2) is 5.05. The van der Waals surface area contributed by atoms with Gasteiger partial charge in [-0.05, 0) is 19.4 Å². The zero-order valence-corrected chi connectivity index (χ0v) is 7.93. The average Bonchev–Trinajstić information content (AvgIpc) is 2.01. The fourth-order valence-electron chi connectivity index (χ4n) is 0.471. The Balaban J connectivity index is 4.31. The van der Waals surface area contributed by atoms with Gasteiger partial charge in [-0.1, -0.05) is 13.0 Å². The van der Waals surface area contributed by atoms with Crippen LogP contribution in [0.25, 0.3) is 0 Å². The Labute approximate surface area is 72.3 Å². The minimum absolute atomic E-state index is 0.0472. The van der Waals surface area contributed by atoms with Gasteiger partial charge in [0.2, 0.25) is 0 Å². The van der Waals surface area contributed by atoms with Crippen molar-refractivity contribution in [2.24, 2.45) is 0 Å². The summed E-state index contributed by atoms with van der Waals surface area (Å²) in [5, 5.41) is -1.00. The summed E-state index contributed by atoms with van der Waals surface area (Å²) in [6, 6.07) is 0. The highest BCUT2D eigenvalue weighted by Gasteiger charge is 2.18. The van der Waals surface area contributed by atoms with E-state index in [9.17, 15) is 13.2 Å². The second-order valence-electron chi connectivity index (χ2n) is 2.10. The monoisotopic (exact) mass is 192 g/mol. The molecule has 0 aliphatic heterocycles. The normalized spacial score (nSPS) is 12.2. The van der Waals surface area contributed by atoms with Crippen molar-refractivity contribution >= 4 is 15.2 Å². The van der Waals surface area contributed by atoms with Gasteiger partial charge in [-0.15, -0.1) is 0 Å². The van der Waals surface area contributed by atoms with E-state index >= 15 is 0 Å². The molecule has 0 radical (unpaired) electrons. The van der Waals surface area contributed by atoms with Crippen molar-refractivity contribution < 1.29 is 17.4 Å². The fourth-order valence-corrected chi connectivity index (χ4v) is 1.28. The quantitative estimate of drug-likeness (QED) is 0.489. The van der Waals surface area contributed by atoms with Crippen LogP contribution < -0.4 is 0 Å². The molecule has 0 aliphatic rings. The maximum absolute atomic E-state index is 10.9. The number of carbonyl (C=O) groups is 1. The molecule has 0 atom stereocenters. The lowest BCUT2D eigenvalue weighted by molar-refractivity contribution is -0.108. The third-order valence-corrected chi connectivity index (χ3v) is 2.10. The highest BCUT2D eigenvalue weighted by molar-refractivity contribution is 8.02. The molecule has 0 aromatic heterocycles. The van der Waals surface area contributed by atoms with Crippen molar-refractivity contribution in [2.45, 2.75) is 20.3 Å². The molecule has 0 saturated heterocycles. The molecular formula is C7H12O4S. The molecule has 0 fully saturated rings. The van der Waals surface area contributed by atoms with Crippen LogP contribution in [-0.2, 0) is 19.1 Å². The smallest absolute Gasteiger partial charge is 0.274 e. The van der Waals surface area contributed by atoms with Gasteiger partial charge < -0.3 is 0 Å². The fraction of sp³-hybridized carbons (Fsp3) is 0.571. The average molecular weight is 192 g/mol.